The Morgan fingerprint density at radius 1 is 1.08 bits per heavy atom. The van der Waals surface area contributed by atoms with Crippen LogP contribution >= 0.6 is 11.8 Å². The summed E-state index contributed by atoms with van der Waals surface area (Å²) in [7, 11) is 0. The molecule has 1 N–H and O–H groups in total. The summed E-state index contributed by atoms with van der Waals surface area (Å²) in [5.74, 6) is 0.796. The maximum absolute atomic E-state index is 5.49. The number of hydrogen-bond acceptors (Lipinski definition) is 1. The van der Waals surface area contributed by atoms with Crippen LogP contribution in [0.2, 0.25) is 0 Å². The van der Waals surface area contributed by atoms with Gasteiger partial charge in [0, 0.05) is 17.5 Å². The smallest absolute Gasteiger partial charge is 0.0491 e. The van der Waals surface area contributed by atoms with Crippen LogP contribution in [0, 0.1) is 0 Å². The highest BCUT2D eigenvalue weighted by Gasteiger charge is 2.16. The third-order valence-electron chi connectivity index (χ3n) is 2.85. The zero-order chi connectivity index (χ0) is 9.10. The Labute approximate surface area is 84.2 Å². The molecule has 0 saturated heterocycles. The quantitative estimate of drug-likeness (QED) is 0.706. The van der Waals surface area contributed by atoms with E-state index < -0.39 is 0 Å². The van der Waals surface area contributed by atoms with Gasteiger partial charge >= 0.3 is 0 Å². The van der Waals surface area contributed by atoms with E-state index >= 15 is 0 Å². The van der Waals surface area contributed by atoms with E-state index in [-0.39, 0.29) is 0 Å². The molecule has 0 bridgehead atoms. The van der Waals surface area contributed by atoms with Crippen LogP contribution in [0.5, 0.6) is 0 Å². The largest absolute Gasteiger partial charge is 0.299 e. The van der Waals surface area contributed by atoms with Crippen LogP contribution in [0.15, 0.2) is 24.3 Å². The molecule has 13 heavy (non-hydrogen) atoms. The van der Waals surface area contributed by atoms with Gasteiger partial charge in [-0.05, 0) is 36.5 Å². The molecule has 1 saturated carbocycles. The van der Waals surface area contributed by atoms with Gasteiger partial charge in [-0.2, -0.15) is 0 Å². The van der Waals surface area contributed by atoms with Crippen LogP contribution in [0.3, 0.4) is 0 Å². The Hall–Kier alpha value is -0.690. The molecule has 0 amide bonds. The second kappa shape index (κ2) is 4.01. The lowest BCUT2D eigenvalue weighted by Crippen LogP contribution is -1.91. The van der Waals surface area contributed by atoms with Gasteiger partial charge in [0.25, 0.3) is 0 Å². The summed E-state index contributed by atoms with van der Waals surface area (Å²) in [4.78, 5) is 2.62. The fourth-order valence-corrected chi connectivity index (χ4v) is 2.20. The molecule has 1 fully saturated rings. The van der Waals surface area contributed by atoms with Gasteiger partial charge < -0.3 is 0 Å². The lowest BCUT2D eigenvalue weighted by molar-refractivity contribution is 0.723. The Morgan fingerprint density at radius 3 is 2.23 bits per heavy atom. The summed E-state index contributed by atoms with van der Waals surface area (Å²) in [6.07, 6.45) is 5.49. The number of halogens is 1. The highest BCUT2D eigenvalue weighted by molar-refractivity contribution is 6.23. The van der Waals surface area contributed by atoms with Crippen LogP contribution in [-0.2, 0) is 0 Å². The zero-order valence-corrected chi connectivity index (χ0v) is 8.35. The number of rotatable bonds is 2. The van der Waals surface area contributed by atoms with Crippen molar-refractivity contribution >= 4 is 17.5 Å². The number of anilines is 1. The fraction of sp³-hybridized carbons (Fsp3) is 0.455. The second-order valence-corrected chi connectivity index (χ2v) is 3.89. The predicted octanol–water partition coefficient (Wildman–Crippen LogP) is 3.91. The van der Waals surface area contributed by atoms with Crippen molar-refractivity contribution in [1.82, 2.24) is 0 Å². The van der Waals surface area contributed by atoms with E-state index in [1.165, 1.54) is 31.2 Å². The first-order valence-electron chi connectivity index (χ1n) is 4.87. The molecular formula is C11H14ClN. The van der Waals surface area contributed by atoms with Crippen molar-refractivity contribution in [3.05, 3.63) is 29.8 Å². The van der Waals surface area contributed by atoms with Crippen molar-refractivity contribution in [2.45, 2.75) is 31.6 Å². The molecule has 1 aromatic carbocycles. The molecular weight excluding hydrogens is 182 g/mol. The van der Waals surface area contributed by atoms with Crippen molar-refractivity contribution in [2.75, 3.05) is 4.84 Å². The SMILES string of the molecule is ClNc1ccc(C2CCCC2)cc1. The van der Waals surface area contributed by atoms with E-state index in [0.717, 1.165) is 11.6 Å². The molecule has 1 aliphatic rings. The summed E-state index contributed by atoms with van der Waals surface area (Å²) >= 11 is 5.49. The normalized spacial score (nSPS) is 17.6. The minimum Gasteiger partial charge on any atom is -0.299 e. The molecule has 1 nitrogen and oxygen atoms in total. The van der Waals surface area contributed by atoms with Gasteiger partial charge in [-0.15, -0.1) is 0 Å². The maximum Gasteiger partial charge on any atom is 0.0491 e. The van der Waals surface area contributed by atoms with Crippen LogP contribution in [0.25, 0.3) is 0 Å². The second-order valence-electron chi connectivity index (χ2n) is 3.70. The molecule has 0 aliphatic heterocycles. The first-order chi connectivity index (χ1) is 6.40. The number of hydrogen-bond donors (Lipinski definition) is 1. The molecule has 70 valence electrons. The van der Waals surface area contributed by atoms with Gasteiger partial charge in [-0.3, -0.25) is 4.84 Å². The average molecular weight is 196 g/mol. The van der Waals surface area contributed by atoms with Gasteiger partial charge in [0.15, 0.2) is 0 Å². The van der Waals surface area contributed by atoms with E-state index in [9.17, 15) is 0 Å². The summed E-state index contributed by atoms with van der Waals surface area (Å²) < 4.78 is 0. The van der Waals surface area contributed by atoms with Gasteiger partial charge in [0.05, 0.1) is 0 Å². The van der Waals surface area contributed by atoms with Crippen molar-refractivity contribution in [2.24, 2.45) is 0 Å². The third kappa shape index (κ3) is 1.97. The molecule has 1 aliphatic carbocycles. The molecule has 0 heterocycles. The highest BCUT2D eigenvalue weighted by atomic mass is 35.5. The molecule has 0 unspecified atom stereocenters. The monoisotopic (exact) mass is 195 g/mol. The van der Waals surface area contributed by atoms with E-state index in [1.807, 2.05) is 12.1 Å². The summed E-state index contributed by atoms with van der Waals surface area (Å²) in [5, 5.41) is 0. The molecule has 0 atom stereocenters. The molecule has 2 heteroatoms. The number of nitrogens with one attached hydrogen (secondary N) is 1. The minimum absolute atomic E-state index is 0.796. The molecule has 0 radical (unpaired) electrons. The maximum atomic E-state index is 5.49. The van der Waals surface area contributed by atoms with Crippen molar-refractivity contribution < 1.29 is 0 Å². The summed E-state index contributed by atoms with van der Waals surface area (Å²) in [5.41, 5.74) is 2.44. The first kappa shape index (κ1) is 8.89. The predicted molar refractivity (Wildman–Crippen MR) is 57.1 cm³/mol. The van der Waals surface area contributed by atoms with Crippen LogP contribution < -0.4 is 4.84 Å². The Balaban J connectivity index is 2.12. The fourth-order valence-electron chi connectivity index (χ4n) is 2.08. The highest BCUT2D eigenvalue weighted by Crippen LogP contribution is 2.34. The standard InChI is InChI=1S/C11H14ClN/c12-13-11-7-5-10(6-8-11)9-3-1-2-4-9/h5-9,13H,1-4H2. The molecule has 2 rings (SSSR count). The van der Waals surface area contributed by atoms with Crippen molar-refractivity contribution in [3.63, 3.8) is 0 Å². The van der Waals surface area contributed by atoms with Gasteiger partial charge in [0.2, 0.25) is 0 Å². The summed E-state index contributed by atoms with van der Waals surface area (Å²) in [6, 6.07) is 8.45. The molecule has 0 spiro atoms. The van der Waals surface area contributed by atoms with Crippen LogP contribution in [-0.4, -0.2) is 0 Å². The lowest BCUT2D eigenvalue weighted by Gasteiger charge is -2.09. The Bertz CT molecular complexity index is 262. The third-order valence-corrected chi connectivity index (χ3v) is 3.06. The number of benzene rings is 1. The first-order valence-corrected chi connectivity index (χ1v) is 5.24. The average Bonchev–Trinajstić information content (AvgIpc) is 2.71. The Morgan fingerprint density at radius 2 is 1.69 bits per heavy atom. The van der Waals surface area contributed by atoms with Crippen LogP contribution in [0.4, 0.5) is 5.69 Å². The van der Waals surface area contributed by atoms with E-state index in [0.29, 0.717) is 0 Å². The zero-order valence-electron chi connectivity index (χ0n) is 7.59. The van der Waals surface area contributed by atoms with Gasteiger partial charge in [0.1, 0.15) is 0 Å². The van der Waals surface area contributed by atoms with Crippen molar-refractivity contribution in [3.8, 4) is 0 Å². The van der Waals surface area contributed by atoms with E-state index in [1.54, 1.807) is 0 Å². The van der Waals surface area contributed by atoms with Crippen molar-refractivity contribution in [1.29, 1.82) is 0 Å². The van der Waals surface area contributed by atoms with E-state index in [4.69, 9.17) is 11.8 Å². The van der Waals surface area contributed by atoms with Gasteiger partial charge in [-0.25, -0.2) is 0 Å². The molecule has 0 aromatic heterocycles. The summed E-state index contributed by atoms with van der Waals surface area (Å²) in [6.45, 7) is 0. The molecule has 1 aromatic rings. The van der Waals surface area contributed by atoms with E-state index in [2.05, 4.69) is 17.0 Å². The Kier molecular flexibility index (Phi) is 2.74. The minimum atomic E-state index is 0.796. The lowest BCUT2D eigenvalue weighted by atomic mass is 9.98. The van der Waals surface area contributed by atoms with Gasteiger partial charge in [-0.1, -0.05) is 25.0 Å². The topological polar surface area (TPSA) is 12.0 Å². The van der Waals surface area contributed by atoms with Crippen LogP contribution in [0.1, 0.15) is 37.2 Å².